The van der Waals surface area contributed by atoms with E-state index in [1.165, 1.54) is 0 Å². The molecule has 1 fully saturated rings. The van der Waals surface area contributed by atoms with E-state index in [4.69, 9.17) is 5.11 Å². The van der Waals surface area contributed by atoms with Gasteiger partial charge in [-0.2, -0.15) is 0 Å². The number of aliphatic hydroxyl groups is 4. The molecule has 21 heavy (non-hydrogen) atoms. The van der Waals surface area contributed by atoms with Gasteiger partial charge in [-0.05, 0) is 17.5 Å². The van der Waals surface area contributed by atoms with E-state index in [1.807, 2.05) is 11.8 Å². The second kappa shape index (κ2) is 7.33. The van der Waals surface area contributed by atoms with Gasteiger partial charge in [-0.15, -0.1) is 0 Å². The van der Waals surface area contributed by atoms with Crippen molar-refractivity contribution in [2.24, 2.45) is 5.92 Å². The van der Waals surface area contributed by atoms with Crippen LogP contribution < -0.4 is 0 Å². The van der Waals surface area contributed by atoms with Crippen LogP contribution in [0.4, 0.5) is 0 Å². The molecule has 0 bridgehead atoms. The first-order valence-corrected chi connectivity index (χ1v) is 7.47. The average Bonchev–Trinajstić information content (AvgIpc) is 2.90. The Morgan fingerprint density at radius 1 is 1.24 bits per heavy atom. The standard InChI is InChI=1S/C16H25NO4/c1-11(15(20)9-17-7-6-14(19)8-17)16(21)13-4-2-12(10-18)3-5-13/h2-5,11,14-16,18-21H,6-10H2,1H3/t11-,14-,15+,16+/m0/s1. The molecule has 2 rings (SSSR count). The van der Waals surface area contributed by atoms with Gasteiger partial charge in [0.25, 0.3) is 0 Å². The third kappa shape index (κ3) is 4.25. The topological polar surface area (TPSA) is 84.2 Å². The summed E-state index contributed by atoms with van der Waals surface area (Å²) in [4.78, 5) is 2.02. The van der Waals surface area contributed by atoms with Gasteiger partial charge < -0.3 is 20.4 Å². The number of hydrogen-bond acceptors (Lipinski definition) is 5. The smallest absolute Gasteiger partial charge is 0.0840 e. The van der Waals surface area contributed by atoms with E-state index in [0.717, 1.165) is 24.1 Å². The molecule has 5 heteroatoms. The Hall–Kier alpha value is -0.980. The molecular weight excluding hydrogens is 270 g/mol. The summed E-state index contributed by atoms with van der Waals surface area (Å²) in [6.07, 6.45) is -0.960. The molecule has 4 atom stereocenters. The lowest BCUT2D eigenvalue weighted by Crippen LogP contribution is -2.37. The first-order chi connectivity index (χ1) is 10.0. The number of hydrogen-bond donors (Lipinski definition) is 4. The van der Waals surface area contributed by atoms with E-state index in [-0.39, 0.29) is 18.6 Å². The molecule has 1 aromatic rings. The van der Waals surface area contributed by atoms with Crippen molar-refractivity contribution in [3.63, 3.8) is 0 Å². The first kappa shape index (κ1) is 16.4. The number of β-amino-alcohol motifs (C(OH)–C–C–N with tert-alkyl or cyclic N) is 2. The monoisotopic (exact) mass is 295 g/mol. The Labute approximate surface area is 125 Å². The maximum absolute atomic E-state index is 10.4. The summed E-state index contributed by atoms with van der Waals surface area (Å²) < 4.78 is 0. The Balaban J connectivity index is 1.92. The number of aliphatic hydroxyl groups excluding tert-OH is 4. The molecule has 1 aliphatic heterocycles. The van der Waals surface area contributed by atoms with Crippen molar-refractivity contribution >= 4 is 0 Å². The Morgan fingerprint density at radius 2 is 1.90 bits per heavy atom. The highest BCUT2D eigenvalue weighted by Crippen LogP contribution is 2.26. The summed E-state index contributed by atoms with van der Waals surface area (Å²) >= 11 is 0. The molecule has 0 radical (unpaired) electrons. The van der Waals surface area contributed by atoms with Crippen molar-refractivity contribution in [3.05, 3.63) is 35.4 Å². The van der Waals surface area contributed by atoms with E-state index in [0.29, 0.717) is 13.1 Å². The number of likely N-dealkylation sites (tertiary alicyclic amines) is 1. The van der Waals surface area contributed by atoms with Crippen LogP contribution in [0.2, 0.25) is 0 Å². The van der Waals surface area contributed by atoms with Gasteiger partial charge in [-0.25, -0.2) is 0 Å². The second-order valence-corrected chi connectivity index (χ2v) is 5.97. The molecule has 0 unspecified atom stereocenters. The summed E-state index contributed by atoms with van der Waals surface area (Å²) in [5.74, 6) is -0.303. The van der Waals surface area contributed by atoms with Gasteiger partial charge in [0.2, 0.25) is 0 Å². The van der Waals surface area contributed by atoms with Gasteiger partial charge in [-0.3, -0.25) is 4.90 Å². The highest BCUT2D eigenvalue weighted by atomic mass is 16.3. The molecule has 118 valence electrons. The minimum atomic E-state index is -0.750. The van der Waals surface area contributed by atoms with Gasteiger partial charge in [0.05, 0.1) is 24.9 Å². The molecule has 5 nitrogen and oxygen atoms in total. The highest BCUT2D eigenvalue weighted by molar-refractivity contribution is 5.24. The van der Waals surface area contributed by atoms with Gasteiger partial charge in [0, 0.05) is 25.6 Å². The van der Waals surface area contributed by atoms with Crippen molar-refractivity contribution in [1.29, 1.82) is 0 Å². The quantitative estimate of drug-likeness (QED) is 0.606. The third-order valence-electron chi connectivity index (χ3n) is 4.30. The van der Waals surface area contributed by atoms with E-state index in [2.05, 4.69) is 0 Å². The van der Waals surface area contributed by atoms with E-state index in [9.17, 15) is 15.3 Å². The third-order valence-corrected chi connectivity index (χ3v) is 4.30. The molecule has 4 N–H and O–H groups in total. The molecule has 0 saturated carbocycles. The van der Waals surface area contributed by atoms with Crippen LogP contribution >= 0.6 is 0 Å². The van der Waals surface area contributed by atoms with Crippen LogP contribution in [-0.2, 0) is 6.61 Å². The van der Waals surface area contributed by atoms with Crippen molar-refractivity contribution in [2.75, 3.05) is 19.6 Å². The summed E-state index contributed by atoms with van der Waals surface area (Å²) in [5.41, 5.74) is 1.53. The molecule has 0 spiro atoms. The molecule has 0 aliphatic carbocycles. The van der Waals surface area contributed by atoms with Crippen LogP contribution in [0, 0.1) is 5.92 Å². The maximum Gasteiger partial charge on any atom is 0.0840 e. The second-order valence-electron chi connectivity index (χ2n) is 5.97. The molecular formula is C16H25NO4. The number of nitrogens with zero attached hydrogens (tertiary/aromatic N) is 1. The molecule has 1 saturated heterocycles. The fraction of sp³-hybridized carbons (Fsp3) is 0.625. The molecule has 0 amide bonds. The SMILES string of the molecule is C[C@@H]([C@H](O)CN1CC[C@H](O)C1)[C@@H](O)c1ccc(CO)cc1. The fourth-order valence-electron chi connectivity index (χ4n) is 2.74. The predicted molar refractivity (Wildman–Crippen MR) is 79.6 cm³/mol. The van der Waals surface area contributed by atoms with Gasteiger partial charge >= 0.3 is 0 Å². The zero-order valence-corrected chi connectivity index (χ0v) is 12.4. The zero-order valence-electron chi connectivity index (χ0n) is 12.4. The normalized spacial score (nSPS) is 24.0. The summed E-state index contributed by atoms with van der Waals surface area (Å²) in [6, 6.07) is 7.10. The van der Waals surface area contributed by atoms with Crippen molar-refractivity contribution in [1.82, 2.24) is 4.90 Å². The summed E-state index contributed by atoms with van der Waals surface area (Å²) in [7, 11) is 0. The zero-order chi connectivity index (χ0) is 15.4. The van der Waals surface area contributed by atoms with Crippen LogP contribution in [-0.4, -0.2) is 57.2 Å². The lowest BCUT2D eigenvalue weighted by Gasteiger charge is -2.28. The fourth-order valence-corrected chi connectivity index (χ4v) is 2.74. The van der Waals surface area contributed by atoms with Crippen LogP contribution in [0.15, 0.2) is 24.3 Å². The molecule has 1 aromatic carbocycles. The van der Waals surface area contributed by atoms with Crippen LogP contribution in [0.3, 0.4) is 0 Å². The summed E-state index contributed by atoms with van der Waals surface area (Å²) in [6.45, 7) is 3.63. The van der Waals surface area contributed by atoms with Crippen molar-refractivity contribution in [2.45, 2.75) is 38.3 Å². The Bertz CT molecular complexity index is 436. The van der Waals surface area contributed by atoms with Crippen LogP contribution in [0.25, 0.3) is 0 Å². The van der Waals surface area contributed by atoms with E-state index < -0.39 is 12.2 Å². The largest absolute Gasteiger partial charge is 0.392 e. The molecule has 1 aliphatic rings. The number of benzene rings is 1. The van der Waals surface area contributed by atoms with Crippen LogP contribution in [0.1, 0.15) is 30.6 Å². The number of rotatable bonds is 6. The predicted octanol–water partition coefficient (Wildman–Crippen LogP) is 0.276. The van der Waals surface area contributed by atoms with Gasteiger partial charge in [0.1, 0.15) is 0 Å². The average molecular weight is 295 g/mol. The summed E-state index contributed by atoms with van der Waals surface area (Å²) in [5, 5.41) is 39.1. The molecule has 0 aromatic heterocycles. The van der Waals surface area contributed by atoms with Crippen molar-refractivity contribution < 1.29 is 20.4 Å². The first-order valence-electron chi connectivity index (χ1n) is 7.47. The molecule has 1 heterocycles. The highest BCUT2D eigenvalue weighted by Gasteiger charge is 2.28. The lowest BCUT2D eigenvalue weighted by atomic mass is 9.92. The van der Waals surface area contributed by atoms with Crippen molar-refractivity contribution in [3.8, 4) is 0 Å². The Morgan fingerprint density at radius 3 is 2.43 bits per heavy atom. The van der Waals surface area contributed by atoms with Gasteiger partial charge in [0.15, 0.2) is 0 Å². The lowest BCUT2D eigenvalue weighted by molar-refractivity contribution is 0.00364. The van der Waals surface area contributed by atoms with Gasteiger partial charge in [-0.1, -0.05) is 31.2 Å². The maximum atomic E-state index is 10.4. The minimum Gasteiger partial charge on any atom is -0.392 e. The Kier molecular flexibility index (Phi) is 5.72. The van der Waals surface area contributed by atoms with E-state index >= 15 is 0 Å². The van der Waals surface area contributed by atoms with E-state index in [1.54, 1.807) is 24.3 Å². The van der Waals surface area contributed by atoms with Crippen LogP contribution in [0.5, 0.6) is 0 Å². The minimum absolute atomic E-state index is 0.0220.